The van der Waals surface area contributed by atoms with Crippen molar-refractivity contribution < 1.29 is 14.0 Å². The standard InChI is InChI=1S/C17H21O3P/c1-4-20-21(18,19)17(2,3)16-12-10-15(11-13-16)14-8-6-5-7-9-14/h5-13H,4H2,1-3H3,(H,18,19). The van der Waals surface area contributed by atoms with Crippen molar-refractivity contribution in [2.45, 2.75) is 25.9 Å². The van der Waals surface area contributed by atoms with Gasteiger partial charge in [-0.1, -0.05) is 54.6 Å². The van der Waals surface area contributed by atoms with Crippen LogP contribution in [0.1, 0.15) is 26.3 Å². The van der Waals surface area contributed by atoms with Crippen LogP contribution in [0.15, 0.2) is 54.6 Å². The highest BCUT2D eigenvalue weighted by Crippen LogP contribution is 2.60. The lowest BCUT2D eigenvalue weighted by Gasteiger charge is -2.29. The summed E-state index contributed by atoms with van der Waals surface area (Å²) in [5.74, 6) is 0. The Morgan fingerprint density at radius 1 is 1.00 bits per heavy atom. The first-order chi connectivity index (χ1) is 9.88. The van der Waals surface area contributed by atoms with Gasteiger partial charge in [-0.2, -0.15) is 0 Å². The zero-order valence-electron chi connectivity index (χ0n) is 12.6. The lowest BCUT2D eigenvalue weighted by Crippen LogP contribution is -2.19. The fraction of sp³-hybridized carbons (Fsp3) is 0.294. The fourth-order valence-electron chi connectivity index (χ4n) is 2.20. The molecule has 0 heterocycles. The van der Waals surface area contributed by atoms with Crippen LogP contribution in [0.3, 0.4) is 0 Å². The van der Waals surface area contributed by atoms with Crippen molar-refractivity contribution >= 4 is 7.60 Å². The normalized spacial score (nSPS) is 14.7. The van der Waals surface area contributed by atoms with Crippen LogP contribution in [-0.4, -0.2) is 11.5 Å². The summed E-state index contributed by atoms with van der Waals surface area (Å²) in [6.45, 7) is 5.42. The number of hydrogen-bond donors (Lipinski definition) is 1. The molecule has 1 N–H and O–H groups in total. The minimum Gasteiger partial charge on any atom is -0.324 e. The van der Waals surface area contributed by atoms with Crippen LogP contribution < -0.4 is 0 Å². The highest BCUT2D eigenvalue weighted by atomic mass is 31.2. The first-order valence-electron chi connectivity index (χ1n) is 7.02. The molecule has 3 nitrogen and oxygen atoms in total. The minimum absolute atomic E-state index is 0.222. The van der Waals surface area contributed by atoms with Gasteiger partial charge in [-0.3, -0.25) is 4.57 Å². The zero-order valence-corrected chi connectivity index (χ0v) is 13.5. The van der Waals surface area contributed by atoms with Crippen LogP contribution in [0.25, 0.3) is 11.1 Å². The summed E-state index contributed by atoms with van der Waals surface area (Å²) in [4.78, 5) is 10.1. The lowest BCUT2D eigenvalue weighted by molar-refractivity contribution is 0.251. The van der Waals surface area contributed by atoms with E-state index >= 15 is 0 Å². The molecule has 1 unspecified atom stereocenters. The molecule has 0 bridgehead atoms. The van der Waals surface area contributed by atoms with Crippen molar-refractivity contribution in [2.24, 2.45) is 0 Å². The van der Waals surface area contributed by atoms with E-state index in [1.807, 2.05) is 54.6 Å². The van der Waals surface area contributed by atoms with Gasteiger partial charge < -0.3 is 9.42 Å². The summed E-state index contributed by atoms with van der Waals surface area (Å²) in [6.07, 6.45) is 0. The highest BCUT2D eigenvalue weighted by molar-refractivity contribution is 7.54. The molecule has 112 valence electrons. The average Bonchev–Trinajstić information content (AvgIpc) is 2.48. The maximum absolute atomic E-state index is 12.3. The highest BCUT2D eigenvalue weighted by Gasteiger charge is 2.41. The Kier molecular flexibility index (Phi) is 4.67. The molecule has 0 aliphatic heterocycles. The second kappa shape index (κ2) is 6.15. The molecule has 0 saturated carbocycles. The third-order valence-corrected chi connectivity index (χ3v) is 5.99. The Hall–Kier alpha value is -1.41. The summed E-state index contributed by atoms with van der Waals surface area (Å²) in [5.41, 5.74) is 3.00. The van der Waals surface area contributed by atoms with Crippen molar-refractivity contribution in [1.82, 2.24) is 0 Å². The molecule has 0 amide bonds. The Labute approximate surface area is 126 Å². The molecule has 1 atom stereocenters. The molecular formula is C17H21O3P. The maximum atomic E-state index is 12.3. The molecular weight excluding hydrogens is 283 g/mol. The Morgan fingerprint density at radius 2 is 1.52 bits per heavy atom. The molecule has 21 heavy (non-hydrogen) atoms. The van der Waals surface area contributed by atoms with Crippen LogP contribution in [-0.2, 0) is 14.2 Å². The van der Waals surface area contributed by atoms with E-state index in [-0.39, 0.29) is 6.61 Å². The second-order valence-corrected chi connectivity index (χ2v) is 7.86. The van der Waals surface area contributed by atoms with E-state index in [1.165, 1.54) is 0 Å². The molecule has 0 aliphatic rings. The fourth-order valence-corrected chi connectivity index (χ4v) is 3.35. The molecule has 0 aliphatic carbocycles. The predicted molar refractivity (Wildman–Crippen MR) is 86.4 cm³/mol. The zero-order chi connectivity index (χ0) is 15.5. The van der Waals surface area contributed by atoms with E-state index in [2.05, 4.69) is 0 Å². The van der Waals surface area contributed by atoms with Gasteiger partial charge in [0.1, 0.15) is 0 Å². The summed E-state index contributed by atoms with van der Waals surface area (Å²) in [5, 5.41) is -0.932. The quantitative estimate of drug-likeness (QED) is 0.806. The SMILES string of the molecule is CCOP(=O)(O)C(C)(C)c1ccc(-c2ccccc2)cc1. The second-order valence-electron chi connectivity index (χ2n) is 5.44. The van der Waals surface area contributed by atoms with Crippen LogP contribution in [0.5, 0.6) is 0 Å². The topological polar surface area (TPSA) is 46.5 Å². The van der Waals surface area contributed by atoms with Crippen LogP contribution in [0.2, 0.25) is 0 Å². The van der Waals surface area contributed by atoms with Gasteiger partial charge in [-0.25, -0.2) is 0 Å². The third-order valence-electron chi connectivity index (χ3n) is 3.71. The molecule has 0 fully saturated rings. The molecule has 0 radical (unpaired) electrons. The van der Waals surface area contributed by atoms with Gasteiger partial charge in [0.25, 0.3) is 0 Å². The molecule has 0 saturated heterocycles. The first kappa shape index (κ1) is 16.0. The van der Waals surface area contributed by atoms with Crippen molar-refractivity contribution in [3.63, 3.8) is 0 Å². The molecule has 0 aromatic heterocycles. The molecule has 0 spiro atoms. The van der Waals surface area contributed by atoms with Crippen molar-refractivity contribution in [2.75, 3.05) is 6.61 Å². The largest absolute Gasteiger partial charge is 0.337 e. The number of rotatable bonds is 5. The van der Waals surface area contributed by atoms with Crippen LogP contribution >= 0.6 is 7.60 Å². The molecule has 2 aromatic carbocycles. The van der Waals surface area contributed by atoms with Gasteiger partial charge in [0.15, 0.2) is 0 Å². The lowest BCUT2D eigenvalue weighted by atomic mass is 9.98. The first-order valence-corrected chi connectivity index (χ1v) is 8.59. The van der Waals surface area contributed by atoms with Gasteiger partial charge in [0, 0.05) is 0 Å². The molecule has 4 heteroatoms. The Balaban J connectivity index is 2.33. The van der Waals surface area contributed by atoms with Gasteiger partial charge in [-0.15, -0.1) is 0 Å². The third kappa shape index (κ3) is 3.26. The van der Waals surface area contributed by atoms with Crippen LogP contribution in [0, 0.1) is 0 Å². The summed E-state index contributed by atoms with van der Waals surface area (Å²) >= 11 is 0. The van der Waals surface area contributed by atoms with E-state index in [4.69, 9.17) is 4.52 Å². The molecule has 2 rings (SSSR count). The number of hydrogen-bond acceptors (Lipinski definition) is 2. The van der Waals surface area contributed by atoms with Crippen molar-refractivity contribution in [3.05, 3.63) is 60.2 Å². The maximum Gasteiger partial charge on any atom is 0.337 e. The van der Waals surface area contributed by atoms with Crippen molar-refractivity contribution in [3.8, 4) is 11.1 Å². The van der Waals surface area contributed by atoms with E-state index < -0.39 is 12.8 Å². The van der Waals surface area contributed by atoms with Gasteiger partial charge >= 0.3 is 7.60 Å². The van der Waals surface area contributed by atoms with Gasteiger partial charge in [0.05, 0.1) is 11.8 Å². The Bertz CT molecular complexity index is 633. The van der Waals surface area contributed by atoms with Gasteiger partial charge in [0.2, 0.25) is 0 Å². The summed E-state index contributed by atoms with van der Waals surface area (Å²) in [6, 6.07) is 17.8. The Morgan fingerprint density at radius 3 is 2.05 bits per heavy atom. The predicted octanol–water partition coefficient (Wildman–Crippen LogP) is 4.81. The van der Waals surface area contributed by atoms with Crippen LogP contribution in [0.4, 0.5) is 0 Å². The monoisotopic (exact) mass is 304 g/mol. The average molecular weight is 304 g/mol. The van der Waals surface area contributed by atoms with E-state index in [0.29, 0.717) is 0 Å². The summed E-state index contributed by atoms with van der Waals surface area (Å²) in [7, 11) is -3.70. The summed E-state index contributed by atoms with van der Waals surface area (Å²) < 4.78 is 17.4. The van der Waals surface area contributed by atoms with E-state index in [1.54, 1.807) is 20.8 Å². The van der Waals surface area contributed by atoms with Crippen molar-refractivity contribution in [1.29, 1.82) is 0 Å². The molecule has 2 aromatic rings. The smallest absolute Gasteiger partial charge is 0.324 e. The number of benzene rings is 2. The van der Waals surface area contributed by atoms with E-state index in [9.17, 15) is 9.46 Å². The van der Waals surface area contributed by atoms with Gasteiger partial charge in [-0.05, 0) is 37.5 Å². The minimum atomic E-state index is -3.70. The van der Waals surface area contributed by atoms with E-state index in [0.717, 1.165) is 16.7 Å².